The van der Waals surface area contributed by atoms with Crippen molar-refractivity contribution in [2.45, 2.75) is 87.6 Å². The third-order valence-corrected chi connectivity index (χ3v) is 11.4. The van der Waals surface area contributed by atoms with Gasteiger partial charge in [-0.3, -0.25) is 0 Å². The topological polar surface area (TPSA) is 40.5 Å². The van der Waals surface area contributed by atoms with Gasteiger partial charge in [-0.2, -0.15) is 0 Å². The van der Waals surface area contributed by atoms with Gasteiger partial charge in [-0.05, 0) is 67.6 Å². The molecule has 24 heavy (non-hydrogen) atoms. The summed E-state index contributed by atoms with van der Waals surface area (Å²) >= 11 is 7.78. The maximum Gasteiger partial charge on any atom is 0.0911 e. The molecule has 3 fully saturated rings. The molecule has 3 aliphatic rings. The van der Waals surface area contributed by atoms with Gasteiger partial charge in [0, 0.05) is 9.65 Å². The van der Waals surface area contributed by atoms with E-state index in [1.807, 2.05) is 6.92 Å². The molecular weight excluding hydrogens is 432 g/mol. The molecule has 0 aromatic carbocycles. The molecule has 0 aliphatic heterocycles. The lowest BCUT2D eigenvalue weighted by Gasteiger charge is -2.65. The van der Waals surface area contributed by atoms with Crippen molar-refractivity contribution >= 4 is 31.9 Å². The first-order valence-electron chi connectivity index (χ1n) is 9.26. The van der Waals surface area contributed by atoms with Gasteiger partial charge < -0.3 is 10.2 Å². The van der Waals surface area contributed by atoms with Crippen LogP contribution in [-0.4, -0.2) is 31.6 Å². The minimum absolute atomic E-state index is 0.0175. The summed E-state index contributed by atoms with van der Waals surface area (Å²) in [7, 11) is 0. The fourth-order valence-electron chi connectivity index (χ4n) is 6.09. The molecule has 0 heterocycles. The van der Waals surface area contributed by atoms with Crippen molar-refractivity contribution in [2.75, 3.05) is 0 Å². The van der Waals surface area contributed by atoms with Crippen LogP contribution in [0, 0.1) is 22.2 Å². The fraction of sp³-hybridized carbons (Fsp3) is 0.900. The molecule has 138 valence electrons. The lowest BCUT2D eigenvalue weighted by Crippen LogP contribution is -2.65. The largest absolute Gasteiger partial charge is 0.390 e. The van der Waals surface area contributed by atoms with Crippen LogP contribution in [0.2, 0.25) is 0 Å². The normalized spacial score (nSPS) is 54.6. The predicted molar refractivity (Wildman–Crippen MR) is 107 cm³/mol. The Morgan fingerprint density at radius 3 is 2.33 bits per heavy atom. The molecule has 0 unspecified atom stereocenters. The van der Waals surface area contributed by atoms with Gasteiger partial charge >= 0.3 is 0 Å². The van der Waals surface area contributed by atoms with E-state index in [-0.39, 0.29) is 27.0 Å². The van der Waals surface area contributed by atoms with Gasteiger partial charge in [0.15, 0.2) is 0 Å². The Balaban J connectivity index is 2.06. The van der Waals surface area contributed by atoms with E-state index < -0.39 is 11.7 Å². The van der Waals surface area contributed by atoms with Crippen LogP contribution in [0.25, 0.3) is 0 Å². The third kappa shape index (κ3) is 2.38. The minimum Gasteiger partial charge on any atom is -0.390 e. The summed E-state index contributed by atoms with van der Waals surface area (Å²) in [6, 6.07) is 0. The summed E-state index contributed by atoms with van der Waals surface area (Å²) in [4.78, 5) is 0.723. The van der Waals surface area contributed by atoms with E-state index in [0.717, 1.165) is 32.1 Å². The molecule has 3 saturated carbocycles. The highest BCUT2D eigenvalue weighted by molar-refractivity contribution is 9.09. The number of halogens is 2. The van der Waals surface area contributed by atoms with Gasteiger partial charge in [0.1, 0.15) is 0 Å². The first-order valence-corrected chi connectivity index (χ1v) is 11.1. The average Bonchev–Trinajstić information content (AvgIpc) is 2.49. The summed E-state index contributed by atoms with van der Waals surface area (Å²) in [6.07, 6.45) is 5.26. The van der Waals surface area contributed by atoms with Crippen LogP contribution in [0.4, 0.5) is 0 Å². The second-order valence-electron chi connectivity index (χ2n) is 9.62. The molecule has 7 atom stereocenters. The number of rotatable bonds is 0. The molecular formula is C20H32Br2O2. The second kappa shape index (κ2) is 5.81. The zero-order valence-electron chi connectivity index (χ0n) is 15.4. The average molecular weight is 464 g/mol. The van der Waals surface area contributed by atoms with Crippen molar-refractivity contribution in [3.05, 3.63) is 12.2 Å². The summed E-state index contributed by atoms with van der Waals surface area (Å²) in [5.41, 5.74) is 0.472. The quantitative estimate of drug-likeness (QED) is 0.383. The summed E-state index contributed by atoms with van der Waals surface area (Å²) in [5, 5.41) is 21.8. The molecule has 2 N–H and O–H groups in total. The van der Waals surface area contributed by atoms with E-state index >= 15 is 0 Å². The van der Waals surface area contributed by atoms with E-state index in [9.17, 15) is 10.2 Å². The van der Waals surface area contributed by atoms with Crippen LogP contribution in [0.1, 0.15) is 66.2 Å². The number of fused-ring (bicyclic) bond motifs is 1. The second-order valence-corrected chi connectivity index (χ2v) is 11.8. The van der Waals surface area contributed by atoms with E-state index in [2.05, 4.69) is 59.2 Å². The Hall–Kier alpha value is 0.620. The summed E-state index contributed by atoms with van der Waals surface area (Å²) in [5.74, 6) is 0.0701. The molecule has 3 aliphatic carbocycles. The van der Waals surface area contributed by atoms with Crippen LogP contribution in [-0.2, 0) is 0 Å². The maximum absolute atomic E-state index is 11.2. The standard InChI is InChI=1S/C20H32Br2O2/c1-12-6-7-14(21)17(2,3)20(12)9-8-18(4)13(11-20)19(5,24)16(23)10-15(18)22/h13-16,23-24H,1,6-11H2,2-5H3/t13-,14-,15-,16+,18-,19-,20-/m0/s1. The molecule has 3 rings (SSSR count). The van der Waals surface area contributed by atoms with Gasteiger partial charge in [0.05, 0.1) is 11.7 Å². The Labute approximate surface area is 163 Å². The predicted octanol–water partition coefficient (Wildman–Crippen LogP) is 5.20. The molecule has 2 nitrogen and oxygen atoms in total. The maximum atomic E-state index is 11.2. The molecule has 0 aromatic heterocycles. The molecule has 4 heteroatoms. The Morgan fingerprint density at radius 2 is 1.71 bits per heavy atom. The molecule has 0 bridgehead atoms. The van der Waals surface area contributed by atoms with Crippen LogP contribution in [0.3, 0.4) is 0 Å². The van der Waals surface area contributed by atoms with Crippen molar-refractivity contribution in [1.29, 1.82) is 0 Å². The highest BCUT2D eigenvalue weighted by Gasteiger charge is 2.65. The fourth-order valence-corrected chi connectivity index (χ4v) is 7.66. The van der Waals surface area contributed by atoms with Gasteiger partial charge in [-0.25, -0.2) is 0 Å². The number of allylic oxidation sites excluding steroid dienone is 1. The van der Waals surface area contributed by atoms with E-state index in [4.69, 9.17) is 0 Å². The first-order chi connectivity index (χ1) is 10.9. The van der Waals surface area contributed by atoms with Gasteiger partial charge in [-0.15, -0.1) is 0 Å². The van der Waals surface area contributed by atoms with E-state index in [1.54, 1.807) is 0 Å². The van der Waals surface area contributed by atoms with Crippen molar-refractivity contribution in [3.63, 3.8) is 0 Å². The lowest BCUT2D eigenvalue weighted by molar-refractivity contribution is -0.198. The SMILES string of the molecule is C=C1CC[C@H](Br)C(C)(C)[C@]12CC[C@@]1(C)[C@H](C2)[C@](C)(O)[C@H](O)C[C@@H]1Br. The monoisotopic (exact) mass is 462 g/mol. The van der Waals surface area contributed by atoms with Crippen molar-refractivity contribution in [3.8, 4) is 0 Å². The van der Waals surface area contributed by atoms with Crippen LogP contribution >= 0.6 is 31.9 Å². The van der Waals surface area contributed by atoms with E-state index in [0.29, 0.717) is 11.2 Å². The van der Waals surface area contributed by atoms with E-state index in [1.165, 1.54) is 5.57 Å². The Bertz CT molecular complexity index is 544. The van der Waals surface area contributed by atoms with Gasteiger partial charge in [-0.1, -0.05) is 64.8 Å². The number of alkyl halides is 2. The zero-order valence-corrected chi connectivity index (χ0v) is 18.6. The molecule has 0 radical (unpaired) electrons. The van der Waals surface area contributed by atoms with Gasteiger partial charge in [0.2, 0.25) is 0 Å². The van der Waals surface area contributed by atoms with Crippen LogP contribution in [0.15, 0.2) is 12.2 Å². The number of hydrogen-bond donors (Lipinski definition) is 2. The summed E-state index contributed by atoms with van der Waals surface area (Å²) in [6.45, 7) is 13.4. The number of hydrogen-bond acceptors (Lipinski definition) is 2. The molecule has 0 aromatic rings. The minimum atomic E-state index is -1.04. The lowest BCUT2D eigenvalue weighted by atomic mass is 9.42. The molecule has 0 saturated heterocycles. The van der Waals surface area contributed by atoms with Crippen molar-refractivity contribution in [1.82, 2.24) is 0 Å². The molecule has 1 spiro atoms. The summed E-state index contributed by atoms with van der Waals surface area (Å²) < 4.78 is 0. The van der Waals surface area contributed by atoms with Crippen molar-refractivity contribution < 1.29 is 10.2 Å². The highest BCUT2D eigenvalue weighted by Crippen LogP contribution is 2.68. The number of aliphatic hydroxyl groups excluding tert-OH is 1. The third-order valence-electron chi connectivity index (χ3n) is 8.36. The van der Waals surface area contributed by atoms with Crippen molar-refractivity contribution in [2.24, 2.45) is 22.2 Å². The first kappa shape index (κ1) is 19.4. The van der Waals surface area contributed by atoms with Gasteiger partial charge in [0.25, 0.3) is 0 Å². The molecule has 0 amide bonds. The Morgan fingerprint density at radius 1 is 1.08 bits per heavy atom. The highest BCUT2D eigenvalue weighted by atomic mass is 79.9. The zero-order chi connectivity index (χ0) is 18.1. The number of aliphatic hydroxyl groups is 2. The smallest absolute Gasteiger partial charge is 0.0911 e. The van der Waals surface area contributed by atoms with Crippen LogP contribution < -0.4 is 0 Å². The Kier molecular flexibility index (Phi) is 4.69. The van der Waals surface area contributed by atoms with Crippen LogP contribution in [0.5, 0.6) is 0 Å².